The topological polar surface area (TPSA) is 73.9 Å². The molecule has 8 heteroatoms. The van der Waals surface area contributed by atoms with Crippen LogP contribution in [0.4, 0.5) is 5.69 Å². The maximum atomic E-state index is 11.8. The Hall–Kier alpha value is -2.44. The van der Waals surface area contributed by atoms with E-state index < -0.39 is 18.5 Å². The first-order valence-electron chi connectivity index (χ1n) is 7.16. The summed E-state index contributed by atoms with van der Waals surface area (Å²) in [6.07, 6.45) is 0. The van der Waals surface area contributed by atoms with Gasteiger partial charge in [0.15, 0.2) is 24.7 Å². The van der Waals surface area contributed by atoms with E-state index in [4.69, 9.17) is 37.4 Å². The highest BCUT2D eigenvalue weighted by Gasteiger charge is 2.12. The number of nitrogens with one attached hydrogen (secondary N) is 1. The van der Waals surface area contributed by atoms with Crippen LogP contribution < -0.4 is 14.8 Å². The van der Waals surface area contributed by atoms with E-state index in [1.54, 1.807) is 36.4 Å². The maximum absolute atomic E-state index is 11.8. The molecule has 0 unspecified atom stereocenters. The van der Waals surface area contributed by atoms with Crippen LogP contribution in [-0.4, -0.2) is 32.2 Å². The first kappa shape index (κ1) is 18.9. The van der Waals surface area contributed by atoms with Gasteiger partial charge in [-0.25, -0.2) is 4.79 Å². The Balaban J connectivity index is 1.79. The summed E-state index contributed by atoms with van der Waals surface area (Å²) in [6, 6.07) is 11.5. The van der Waals surface area contributed by atoms with E-state index in [0.717, 1.165) is 0 Å². The van der Waals surface area contributed by atoms with Crippen molar-refractivity contribution in [1.29, 1.82) is 0 Å². The quantitative estimate of drug-likeness (QED) is 0.739. The molecule has 1 amide bonds. The summed E-state index contributed by atoms with van der Waals surface area (Å²) in [5, 5.41) is 3.25. The van der Waals surface area contributed by atoms with Crippen molar-refractivity contribution in [2.24, 2.45) is 0 Å². The van der Waals surface area contributed by atoms with Gasteiger partial charge in [0.05, 0.1) is 17.8 Å². The maximum Gasteiger partial charge on any atom is 0.344 e. The molecule has 0 aliphatic rings. The van der Waals surface area contributed by atoms with Gasteiger partial charge in [0.25, 0.3) is 5.91 Å². The zero-order chi connectivity index (χ0) is 18.2. The molecule has 1 N–H and O–H groups in total. The number of carbonyl (C=O) groups excluding carboxylic acids is 2. The Morgan fingerprint density at radius 3 is 2.48 bits per heavy atom. The van der Waals surface area contributed by atoms with Gasteiger partial charge in [0.1, 0.15) is 0 Å². The number of para-hydroxylation sites is 2. The molecule has 0 aliphatic heterocycles. The van der Waals surface area contributed by atoms with Crippen molar-refractivity contribution in [3.05, 3.63) is 52.5 Å². The number of carbonyl (C=O) groups is 2. The number of ether oxygens (including phenoxy) is 3. The summed E-state index contributed by atoms with van der Waals surface area (Å²) in [5.74, 6) is -0.353. The predicted molar refractivity (Wildman–Crippen MR) is 94.5 cm³/mol. The standard InChI is InChI=1S/C17H15Cl2NO5/c1-23-14-4-2-3-5-15(14)24-10-17(22)25-9-16(21)20-13-8-11(18)6-7-12(13)19/h2-8H,9-10H2,1H3,(H,20,21). The first-order valence-corrected chi connectivity index (χ1v) is 7.91. The second kappa shape index (κ2) is 9.15. The van der Waals surface area contributed by atoms with E-state index in [1.165, 1.54) is 13.2 Å². The number of esters is 1. The highest BCUT2D eigenvalue weighted by Crippen LogP contribution is 2.26. The lowest BCUT2D eigenvalue weighted by molar-refractivity contribution is -0.149. The third-order valence-electron chi connectivity index (χ3n) is 2.98. The lowest BCUT2D eigenvalue weighted by Crippen LogP contribution is -2.23. The molecule has 0 saturated heterocycles. The van der Waals surface area contributed by atoms with E-state index in [9.17, 15) is 9.59 Å². The normalized spacial score (nSPS) is 10.0. The van der Waals surface area contributed by atoms with Crippen LogP contribution in [0, 0.1) is 0 Å². The molecule has 2 aromatic carbocycles. The van der Waals surface area contributed by atoms with Gasteiger partial charge < -0.3 is 19.5 Å². The predicted octanol–water partition coefficient (Wildman–Crippen LogP) is 3.56. The SMILES string of the molecule is COc1ccccc1OCC(=O)OCC(=O)Nc1cc(Cl)ccc1Cl. The lowest BCUT2D eigenvalue weighted by Gasteiger charge is -2.10. The van der Waals surface area contributed by atoms with Crippen molar-refractivity contribution in [3.8, 4) is 11.5 Å². The monoisotopic (exact) mass is 383 g/mol. The zero-order valence-corrected chi connectivity index (χ0v) is 14.8. The number of hydrogen-bond acceptors (Lipinski definition) is 5. The number of amides is 1. The molecule has 132 valence electrons. The van der Waals surface area contributed by atoms with Gasteiger partial charge in [0.2, 0.25) is 0 Å². The first-order chi connectivity index (χ1) is 12.0. The van der Waals surface area contributed by atoms with Crippen LogP contribution >= 0.6 is 23.2 Å². The average Bonchev–Trinajstić information content (AvgIpc) is 2.61. The number of rotatable bonds is 7. The van der Waals surface area contributed by atoms with Crippen LogP contribution in [0.3, 0.4) is 0 Å². The molecule has 0 spiro atoms. The van der Waals surface area contributed by atoms with Crippen molar-refractivity contribution >= 4 is 40.8 Å². The molecule has 0 aliphatic carbocycles. The Labute approximate surface area is 154 Å². The van der Waals surface area contributed by atoms with Crippen LogP contribution in [0.25, 0.3) is 0 Å². The lowest BCUT2D eigenvalue weighted by atomic mass is 10.3. The van der Waals surface area contributed by atoms with Crippen LogP contribution in [0.1, 0.15) is 0 Å². The fourth-order valence-electron chi connectivity index (χ4n) is 1.84. The largest absolute Gasteiger partial charge is 0.493 e. The number of benzene rings is 2. The molecule has 25 heavy (non-hydrogen) atoms. The Kier molecular flexibility index (Phi) is 6.91. The van der Waals surface area contributed by atoms with Crippen molar-refractivity contribution in [2.75, 3.05) is 25.6 Å². The second-order valence-electron chi connectivity index (χ2n) is 4.77. The third kappa shape index (κ3) is 5.85. The van der Waals surface area contributed by atoms with Gasteiger partial charge >= 0.3 is 5.97 Å². The van der Waals surface area contributed by atoms with Crippen molar-refractivity contribution in [1.82, 2.24) is 0 Å². The van der Waals surface area contributed by atoms with Crippen LogP contribution in [0.2, 0.25) is 10.0 Å². The van der Waals surface area contributed by atoms with Gasteiger partial charge in [-0.15, -0.1) is 0 Å². The minimum atomic E-state index is -0.696. The van der Waals surface area contributed by atoms with Crippen molar-refractivity contribution in [2.45, 2.75) is 0 Å². The molecule has 0 radical (unpaired) electrons. The summed E-state index contributed by atoms with van der Waals surface area (Å²) >= 11 is 11.8. The summed E-state index contributed by atoms with van der Waals surface area (Å²) < 4.78 is 15.3. The van der Waals surface area contributed by atoms with Gasteiger partial charge in [0, 0.05) is 5.02 Å². The summed E-state index contributed by atoms with van der Waals surface area (Å²) in [4.78, 5) is 23.5. The molecular weight excluding hydrogens is 369 g/mol. The summed E-state index contributed by atoms with van der Waals surface area (Å²) in [7, 11) is 1.49. The van der Waals surface area contributed by atoms with E-state index in [1.807, 2.05) is 0 Å². The van der Waals surface area contributed by atoms with Crippen LogP contribution in [-0.2, 0) is 14.3 Å². The van der Waals surface area contributed by atoms with Crippen LogP contribution in [0.5, 0.6) is 11.5 Å². The molecule has 0 heterocycles. The Morgan fingerprint density at radius 1 is 1.04 bits per heavy atom. The van der Waals surface area contributed by atoms with Gasteiger partial charge in [-0.05, 0) is 30.3 Å². The second-order valence-corrected chi connectivity index (χ2v) is 5.62. The molecular formula is C17H15Cl2NO5. The minimum absolute atomic E-state index is 0.323. The zero-order valence-electron chi connectivity index (χ0n) is 13.3. The van der Waals surface area contributed by atoms with Crippen molar-refractivity contribution < 1.29 is 23.8 Å². The highest BCUT2D eigenvalue weighted by molar-refractivity contribution is 6.35. The van der Waals surface area contributed by atoms with Gasteiger partial charge in [-0.3, -0.25) is 4.79 Å². The van der Waals surface area contributed by atoms with Crippen LogP contribution in [0.15, 0.2) is 42.5 Å². The third-order valence-corrected chi connectivity index (χ3v) is 3.55. The number of halogens is 2. The van der Waals surface area contributed by atoms with Gasteiger partial charge in [-0.1, -0.05) is 35.3 Å². The Bertz CT molecular complexity index is 766. The molecule has 6 nitrogen and oxygen atoms in total. The summed E-state index contributed by atoms with van der Waals surface area (Å²) in [6.45, 7) is -0.831. The average molecular weight is 384 g/mol. The number of hydrogen-bond donors (Lipinski definition) is 1. The molecule has 0 atom stereocenters. The molecule has 0 aromatic heterocycles. The fraction of sp³-hybridized carbons (Fsp3) is 0.176. The molecule has 0 fully saturated rings. The summed E-state index contributed by atoms with van der Waals surface area (Å²) in [5.41, 5.74) is 0.334. The Morgan fingerprint density at radius 2 is 1.76 bits per heavy atom. The fourth-order valence-corrected chi connectivity index (χ4v) is 2.18. The number of anilines is 1. The molecule has 0 bridgehead atoms. The number of methoxy groups -OCH3 is 1. The van der Waals surface area contributed by atoms with E-state index in [-0.39, 0.29) is 6.61 Å². The van der Waals surface area contributed by atoms with Gasteiger partial charge in [-0.2, -0.15) is 0 Å². The smallest absolute Gasteiger partial charge is 0.344 e. The van der Waals surface area contributed by atoms with E-state index >= 15 is 0 Å². The molecule has 0 saturated carbocycles. The van der Waals surface area contributed by atoms with E-state index in [2.05, 4.69) is 5.32 Å². The molecule has 2 rings (SSSR count). The molecule has 2 aromatic rings. The minimum Gasteiger partial charge on any atom is -0.493 e. The van der Waals surface area contributed by atoms with E-state index in [0.29, 0.717) is 27.2 Å². The highest BCUT2D eigenvalue weighted by atomic mass is 35.5. The van der Waals surface area contributed by atoms with Crippen molar-refractivity contribution in [3.63, 3.8) is 0 Å².